The number of benzene rings is 1. The number of carbonyl (C=O) groups is 1. The quantitative estimate of drug-likeness (QED) is 0.940. The van der Waals surface area contributed by atoms with Gasteiger partial charge in [0.05, 0.1) is 6.04 Å². The van der Waals surface area contributed by atoms with Crippen LogP contribution >= 0.6 is 0 Å². The average molecular weight is 289 g/mol. The van der Waals surface area contributed by atoms with Crippen molar-refractivity contribution in [2.75, 3.05) is 0 Å². The predicted octanol–water partition coefficient (Wildman–Crippen LogP) is 2.99. The molecule has 1 aromatic heterocycles. The van der Waals surface area contributed by atoms with E-state index in [0.29, 0.717) is 11.1 Å². The van der Waals surface area contributed by atoms with E-state index in [1.54, 1.807) is 25.3 Å². The van der Waals surface area contributed by atoms with Crippen molar-refractivity contribution in [2.24, 2.45) is 13.0 Å². The summed E-state index contributed by atoms with van der Waals surface area (Å²) >= 11 is 0. The van der Waals surface area contributed by atoms with Gasteiger partial charge in [0, 0.05) is 25.0 Å². The van der Waals surface area contributed by atoms with E-state index < -0.39 is 0 Å². The lowest BCUT2D eigenvalue weighted by Crippen LogP contribution is -2.33. The van der Waals surface area contributed by atoms with Gasteiger partial charge >= 0.3 is 0 Å². The highest BCUT2D eigenvalue weighted by molar-refractivity contribution is 5.94. The standard InChI is InChI=1S/C16H20FN3O/c1-10(2)14(15-18-7-8-20(15)4)19-16(21)12-6-5-11(3)13(17)9-12/h5-10,14H,1-4H3,(H,19,21). The van der Waals surface area contributed by atoms with Crippen LogP contribution in [0.3, 0.4) is 0 Å². The molecule has 0 radical (unpaired) electrons. The highest BCUT2D eigenvalue weighted by Crippen LogP contribution is 2.20. The van der Waals surface area contributed by atoms with Crippen molar-refractivity contribution < 1.29 is 9.18 Å². The summed E-state index contributed by atoms with van der Waals surface area (Å²) in [5, 5.41) is 2.93. The van der Waals surface area contributed by atoms with Crippen LogP contribution in [0.2, 0.25) is 0 Å². The topological polar surface area (TPSA) is 46.9 Å². The molecule has 1 aromatic carbocycles. The van der Waals surface area contributed by atoms with E-state index >= 15 is 0 Å². The van der Waals surface area contributed by atoms with E-state index in [9.17, 15) is 9.18 Å². The highest BCUT2D eigenvalue weighted by Gasteiger charge is 2.22. The minimum Gasteiger partial charge on any atom is -0.342 e. The molecule has 112 valence electrons. The molecule has 1 heterocycles. The number of imidazole rings is 1. The third-order valence-electron chi connectivity index (χ3n) is 3.52. The second kappa shape index (κ2) is 6.08. The Kier molecular flexibility index (Phi) is 4.40. The average Bonchev–Trinajstić information content (AvgIpc) is 2.84. The van der Waals surface area contributed by atoms with Crippen molar-refractivity contribution in [2.45, 2.75) is 26.8 Å². The molecule has 2 aromatic rings. The Morgan fingerprint density at radius 3 is 2.62 bits per heavy atom. The third-order valence-corrected chi connectivity index (χ3v) is 3.52. The smallest absolute Gasteiger partial charge is 0.251 e. The first-order valence-corrected chi connectivity index (χ1v) is 6.94. The minimum absolute atomic E-state index is 0.172. The second-order valence-corrected chi connectivity index (χ2v) is 5.56. The van der Waals surface area contributed by atoms with Gasteiger partial charge in [-0.05, 0) is 30.5 Å². The van der Waals surface area contributed by atoms with Gasteiger partial charge in [-0.1, -0.05) is 19.9 Å². The molecule has 0 spiro atoms. The summed E-state index contributed by atoms with van der Waals surface area (Å²) in [4.78, 5) is 16.6. The molecular weight excluding hydrogens is 269 g/mol. The van der Waals surface area contributed by atoms with Crippen LogP contribution < -0.4 is 5.32 Å². The molecule has 1 amide bonds. The van der Waals surface area contributed by atoms with Crippen LogP contribution in [0, 0.1) is 18.7 Å². The Bertz CT molecular complexity index is 649. The zero-order valence-corrected chi connectivity index (χ0v) is 12.7. The third kappa shape index (κ3) is 3.29. The van der Waals surface area contributed by atoms with Gasteiger partial charge in [-0.15, -0.1) is 0 Å². The van der Waals surface area contributed by atoms with E-state index in [2.05, 4.69) is 10.3 Å². The molecule has 2 rings (SSSR count). The molecule has 1 unspecified atom stereocenters. The lowest BCUT2D eigenvalue weighted by molar-refractivity contribution is 0.0922. The van der Waals surface area contributed by atoms with Crippen LogP contribution in [0.25, 0.3) is 0 Å². The summed E-state index contributed by atoms with van der Waals surface area (Å²) in [6.07, 6.45) is 3.53. The molecule has 0 saturated carbocycles. The first kappa shape index (κ1) is 15.2. The summed E-state index contributed by atoms with van der Waals surface area (Å²) in [6, 6.07) is 4.28. The Balaban J connectivity index is 2.23. The molecule has 1 atom stereocenters. The molecule has 21 heavy (non-hydrogen) atoms. The fraction of sp³-hybridized carbons (Fsp3) is 0.375. The van der Waals surface area contributed by atoms with Crippen molar-refractivity contribution in [3.8, 4) is 0 Å². The van der Waals surface area contributed by atoms with Gasteiger partial charge in [0.1, 0.15) is 11.6 Å². The van der Waals surface area contributed by atoms with Crippen LogP contribution in [0.4, 0.5) is 4.39 Å². The van der Waals surface area contributed by atoms with Gasteiger partial charge in [0.25, 0.3) is 5.91 Å². The van der Waals surface area contributed by atoms with Crippen LogP contribution in [-0.4, -0.2) is 15.5 Å². The van der Waals surface area contributed by atoms with Gasteiger partial charge in [0.2, 0.25) is 0 Å². The molecular formula is C16H20FN3O. The Morgan fingerprint density at radius 1 is 1.38 bits per heavy atom. The molecule has 0 aliphatic rings. The van der Waals surface area contributed by atoms with E-state index in [-0.39, 0.29) is 23.7 Å². The Hall–Kier alpha value is -2.17. The predicted molar refractivity (Wildman–Crippen MR) is 79.4 cm³/mol. The molecule has 0 saturated heterocycles. The van der Waals surface area contributed by atoms with Gasteiger partial charge in [0.15, 0.2) is 0 Å². The minimum atomic E-state index is -0.374. The van der Waals surface area contributed by atoms with Crippen LogP contribution in [0.5, 0.6) is 0 Å². The lowest BCUT2D eigenvalue weighted by atomic mass is 10.0. The van der Waals surface area contributed by atoms with E-state index in [4.69, 9.17) is 0 Å². The molecule has 5 heteroatoms. The molecule has 0 fully saturated rings. The number of aryl methyl sites for hydroxylation is 2. The first-order valence-electron chi connectivity index (χ1n) is 6.94. The van der Waals surface area contributed by atoms with Crippen molar-refractivity contribution >= 4 is 5.91 Å². The number of hydrogen-bond acceptors (Lipinski definition) is 2. The van der Waals surface area contributed by atoms with Crippen LogP contribution in [0.15, 0.2) is 30.6 Å². The number of amides is 1. The summed E-state index contributed by atoms with van der Waals surface area (Å²) < 4.78 is 15.5. The number of aromatic nitrogens is 2. The monoisotopic (exact) mass is 289 g/mol. The molecule has 0 aliphatic carbocycles. The maximum Gasteiger partial charge on any atom is 0.251 e. The number of hydrogen-bond donors (Lipinski definition) is 1. The molecule has 0 bridgehead atoms. The zero-order valence-electron chi connectivity index (χ0n) is 12.7. The van der Waals surface area contributed by atoms with Gasteiger partial charge < -0.3 is 9.88 Å². The van der Waals surface area contributed by atoms with E-state index in [1.807, 2.05) is 31.7 Å². The Morgan fingerprint density at radius 2 is 2.10 bits per heavy atom. The molecule has 0 aliphatic heterocycles. The number of nitrogens with one attached hydrogen (secondary N) is 1. The SMILES string of the molecule is Cc1ccc(C(=O)NC(c2nccn2C)C(C)C)cc1F. The summed E-state index contributed by atoms with van der Waals surface area (Å²) in [5.74, 6) is 0.285. The summed E-state index contributed by atoms with van der Waals surface area (Å²) in [5.41, 5.74) is 0.842. The summed E-state index contributed by atoms with van der Waals surface area (Å²) in [6.45, 7) is 5.69. The van der Waals surface area contributed by atoms with Crippen molar-refractivity contribution in [3.63, 3.8) is 0 Å². The number of halogens is 1. The maximum atomic E-state index is 13.6. The number of nitrogens with zero attached hydrogens (tertiary/aromatic N) is 2. The van der Waals surface area contributed by atoms with Crippen molar-refractivity contribution in [1.29, 1.82) is 0 Å². The van der Waals surface area contributed by atoms with Crippen LogP contribution in [0.1, 0.15) is 41.6 Å². The summed E-state index contributed by atoms with van der Waals surface area (Å²) in [7, 11) is 1.88. The first-order chi connectivity index (χ1) is 9.90. The van der Waals surface area contributed by atoms with E-state index in [0.717, 1.165) is 5.82 Å². The van der Waals surface area contributed by atoms with Crippen molar-refractivity contribution in [3.05, 3.63) is 53.4 Å². The number of rotatable bonds is 4. The molecule has 4 nitrogen and oxygen atoms in total. The van der Waals surface area contributed by atoms with Crippen molar-refractivity contribution in [1.82, 2.24) is 14.9 Å². The second-order valence-electron chi connectivity index (χ2n) is 5.56. The lowest BCUT2D eigenvalue weighted by Gasteiger charge is -2.22. The van der Waals surface area contributed by atoms with Gasteiger partial charge in [-0.25, -0.2) is 9.37 Å². The zero-order chi connectivity index (χ0) is 15.6. The van der Waals surface area contributed by atoms with Gasteiger partial charge in [-0.2, -0.15) is 0 Å². The molecule has 1 N–H and O–H groups in total. The maximum absolute atomic E-state index is 13.6. The van der Waals surface area contributed by atoms with Gasteiger partial charge in [-0.3, -0.25) is 4.79 Å². The normalized spacial score (nSPS) is 12.5. The number of carbonyl (C=O) groups excluding carboxylic acids is 1. The largest absolute Gasteiger partial charge is 0.342 e. The Labute approximate surface area is 124 Å². The highest BCUT2D eigenvalue weighted by atomic mass is 19.1. The fourth-order valence-corrected chi connectivity index (χ4v) is 2.16. The van der Waals surface area contributed by atoms with Crippen LogP contribution in [-0.2, 0) is 7.05 Å². The van der Waals surface area contributed by atoms with E-state index in [1.165, 1.54) is 6.07 Å². The fourth-order valence-electron chi connectivity index (χ4n) is 2.16.